The van der Waals surface area contributed by atoms with Gasteiger partial charge in [0, 0.05) is 19.0 Å². The smallest absolute Gasteiger partial charge is 0.248 e. The van der Waals surface area contributed by atoms with Crippen LogP contribution >= 0.6 is 0 Å². The molecule has 0 saturated carbocycles. The van der Waals surface area contributed by atoms with Crippen LogP contribution in [-0.2, 0) is 9.59 Å². The van der Waals surface area contributed by atoms with Crippen molar-refractivity contribution in [3.63, 3.8) is 0 Å². The molecule has 0 aliphatic carbocycles. The number of carbonyl (C=O) groups excluding carboxylic acids is 2. The summed E-state index contributed by atoms with van der Waals surface area (Å²) < 4.78 is 0. The summed E-state index contributed by atoms with van der Waals surface area (Å²) in [5.41, 5.74) is 4.93. The predicted octanol–water partition coefficient (Wildman–Crippen LogP) is -1.03. The highest BCUT2D eigenvalue weighted by Gasteiger charge is 2.22. The second-order valence-corrected chi connectivity index (χ2v) is 2.87. The summed E-state index contributed by atoms with van der Waals surface area (Å²) in [5, 5.41) is 9.23. The molecule has 0 aromatic carbocycles. The molecule has 1 aliphatic heterocycles. The lowest BCUT2D eigenvalue weighted by atomic mass is 10.3. The fraction of sp³-hybridized carbons (Fsp3) is 0.500. The zero-order valence-corrected chi connectivity index (χ0v) is 7.14. The van der Waals surface area contributed by atoms with E-state index in [9.17, 15) is 14.7 Å². The summed E-state index contributed by atoms with van der Waals surface area (Å²) in [5.74, 6) is -0.619. The molecule has 0 spiro atoms. The number of aliphatic hydroxyl groups excluding tert-OH is 1. The average Bonchev–Trinajstić information content (AvgIpc) is 2.34. The van der Waals surface area contributed by atoms with Crippen molar-refractivity contribution in [2.45, 2.75) is 19.1 Å². The predicted molar refractivity (Wildman–Crippen MR) is 45.3 cm³/mol. The topological polar surface area (TPSA) is 83.6 Å². The van der Waals surface area contributed by atoms with Gasteiger partial charge in [-0.25, -0.2) is 0 Å². The molecule has 1 heterocycles. The molecule has 0 bridgehead atoms. The van der Waals surface area contributed by atoms with E-state index in [1.54, 1.807) is 0 Å². The SMILES string of the molecule is NC(=O)CCCN1C(=O)C=CC1O. The minimum atomic E-state index is -0.847. The first-order chi connectivity index (χ1) is 6.11. The number of rotatable bonds is 4. The van der Waals surface area contributed by atoms with Crippen LogP contribution in [0.1, 0.15) is 12.8 Å². The van der Waals surface area contributed by atoms with Crippen LogP contribution in [0.2, 0.25) is 0 Å². The largest absolute Gasteiger partial charge is 0.370 e. The van der Waals surface area contributed by atoms with Gasteiger partial charge in [0.2, 0.25) is 11.8 Å². The highest BCUT2D eigenvalue weighted by Crippen LogP contribution is 2.09. The number of aliphatic hydroxyl groups is 1. The van der Waals surface area contributed by atoms with E-state index < -0.39 is 12.1 Å². The minimum Gasteiger partial charge on any atom is -0.370 e. The zero-order chi connectivity index (χ0) is 9.84. The van der Waals surface area contributed by atoms with E-state index in [0.717, 1.165) is 0 Å². The van der Waals surface area contributed by atoms with Crippen molar-refractivity contribution in [1.82, 2.24) is 4.90 Å². The van der Waals surface area contributed by atoms with Crippen molar-refractivity contribution in [1.29, 1.82) is 0 Å². The molecule has 0 radical (unpaired) electrons. The Labute approximate surface area is 75.8 Å². The maximum Gasteiger partial charge on any atom is 0.248 e. The number of nitrogens with two attached hydrogens (primary N) is 1. The van der Waals surface area contributed by atoms with Gasteiger partial charge in [0.25, 0.3) is 0 Å². The standard InChI is InChI=1S/C8H12N2O3/c9-6(11)2-1-5-10-7(12)3-4-8(10)13/h3-4,7,12H,1-2,5H2,(H2,9,11). The lowest BCUT2D eigenvalue weighted by Gasteiger charge is -2.19. The third kappa shape index (κ3) is 2.55. The van der Waals surface area contributed by atoms with Crippen LogP contribution in [0.25, 0.3) is 0 Å². The van der Waals surface area contributed by atoms with Crippen LogP contribution in [0.15, 0.2) is 12.2 Å². The molecular formula is C8H12N2O3. The lowest BCUT2D eigenvalue weighted by molar-refractivity contribution is -0.131. The highest BCUT2D eigenvalue weighted by molar-refractivity contribution is 5.90. The maximum absolute atomic E-state index is 11.0. The maximum atomic E-state index is 11.0. The molecule has 1 aliphatic rings. The van der Waals surface area contributed by atoms with E-state index in [-0.39, 0.29) is 12.3 Å². The molecule has 0 aromatic rings. The Bertz CT molecular complexity index is 250. The van der Waals surface area contributed by atoms with E-state index in [0.29, 0.717) is 13.0 Å². The molecule has 3 N–H and O–H groups in total. The van der Waals surface area contributed by atoms with Crippen molar-refractivity contribution in [3.8, 4) is 0 Å². The molecule has 0 aromatic heterocycles. The normalized spacial score (nSPS) is 21.2. The number of amides is 2. The number of hydrogen-bond donors (Lipinski definition) is 2. The molecular weight excluding hydrogens is 172 g/mol. The van der Waals surface area contributed by atoms with E-state index in [1.165, 1.54) is 17.1 Å². The minimum absolute atomic E-state index is 0.225. The van der Waals surface area contributed by atoms with Gasteiger partial charge in [-0.15, -0.1) is 0 Å². The highest BCUT2D eigenvalue weighted by atomic mass is 16.3. The van der Waals surface area contributed by atoms with Crippen LogP contribution in [0, 0.1) is 0 Å². The van der Waals surface area contributed by atoms with Gasteiger partial charge in [-0.2, -0.15) is 0 Å². The Morgan fingerprint density at radius 2 is 2.38 bits per heavy atom. The summed E-state index contributed by atoms with van der Waals surface area (Å²) in [6, 6.07) is 0. The van der Waals surface area contributed by atoms with Crippen LogP contribution in [0.4, 0.5) is 0 Å². The molecule has 13 heavy (non-hydrogen) atoms. The van der Waals surface area contributed by atoms with Crippen molar-refractivity contribution in [2.75, 3.05) is 6.54 Å². The van der Waals surface area contributed by atoms with E-state index in [1.807, 2.05) is 0 Å². The molecule has 72 valence electrons. The molecule has 1 unspecified atom stereocenters. The monoisotopic (exact) mass is 184 g/mol. The summed E-state index contributed by atoms with van der Waals surface area (Å²) >= 11 is 0. The van der Waals surface area contributed by atoms with Crippen molar-refractivity contribution in [3.05, 3.63) is 12.2 Å². The Kier molecular flexibility index (Phi) is 3.02. The summed E-state index contributed by atoms with van der Waals surface area (Å²) in [7, 11) is 0. The molecule has 2 amide bonds. The molecule has 0 saturated heterocycles. The summed E-state index contributed by atoms with van der Waals surface area (Å²) in [6.45, 7) is 0.357. The second-order valence-electron chi connectivity index (χ2n) is 2.87. The molecule has 1 atom stereocenters. The molecule has 5 heteroatoms. The second kappa shape index (κ2) is 4.04. The fourth-order valence-corrected chi connectivity index (χ4v) is 1.16. The first-order valence-electron chi connectivity index (χ1n) is 4.06. The Morgan fingerprint density at radius 3 is 2.85 bits per heavy atom. The van der Waals surface area contributed by atoms with E-state index >= 15 is 0 Å². The van der Waals surface area contributed by atoms with Crippen LogP contribution in [0.5, 0.6) is 0 Å². The van der Waals surface area contributed by atoms with Gasteiger partial charge in [-0.3, -0.25) is 9.59 Å². The fourth-order valence-electron chi connectivity index (χ4n) is 1.16. The van der Waals surface area contributed by atoms with E-state index in [2.05, 4.69) is 0 Å². The van der Waals surface area contributed by atoms with Crippen molar-refractivity contribution < 1.29 is 14.7 Å². The third-order valence-corrected chi connectivity index (χ3v) is 1.84. The van der Waals surface area contributed by atoms with Crippen LogP contribution in [0.3, 0.4) is 0 Å². The Balaban J connectivity index is 2.29. The van der Waals surface area contributed by atoms with Crippen molar-refractivity contribution in [2.24, 2.45) is 5.73 Å². The van der Waals surface area contributed by atoms with Crippen molar-refractivity contribution >= 4 is 11.8 Å². The summed E-state index contributed by atoms with van der Waals surface area (Å²) in [4.78, 5) is 22.7. The first kappa shape index (κ1) is 9.73. The number of nitrogens with zero attached hydrogens (tertiary/aromatic N) is 1. The van der Waals surface area contributed by atoms with Gasteiger partial charge in [0.1, 0.15) is 6.23 Å². The van der Waals surface area contributed by atoms with Crippen LogP contribution in [-0.4, -0.2) is 34.6 Å². The van der Waals surface area contributed by atoms with Crippen LogP contribution < -0.4 is 5.73 Å². The van der Waals surface area contributed by atoms with Gasteiger partial charge in [0.15, 0.2) is 0 Å². The number of carbonyl (C=O) groups is 2. The first-order valence-corrected chi connectivity index (χ1v) is 4.06. The third-order valence-electron chi connectivity index (χ3n) is 1.84. The number of primary amides is 1. The number of hydrogen-bond acceptors (Lipinski definition) is 3. The Hall–Kier alpha value is -1.36. The molecule has 1 rings (SSSR count). The lowest BCUT2D eigenvalue weighted by Crippen LogP contribution is -2.34. The van der Waals surface area contributed by atoms with Gasteiger partial charge < -0.3 is 15.7 Å². The van der Waals surface area contributed by atoms with Gasteiger partial charge in [0.05, 0.1) is 0 Å². The zero-order valence-electron chi connectivity index (χ0n) is 7.14. The van der Waals surface area contributed by atoms with Gasteiger partial charge in [-0.05, 0) is 12.5 Å². The van der Waals surface area contributed by atoms with Gasteiger partial charge >= 0.3 is 0 Å². The summed E-state index contributed by atoms with van der Waals surface area (Å²) in [6.07, 6.45) is 2.60. The average molecular weight is 184 g/mol. The van der Waals surface area contributed by atoms with E-state index in [4.69, 9.17) is 5.73 Å². The molecule has 0 fully saturated rings. The molecule has 5 nitrogen and oxygen atoms in total. The van der Waals surface area contributed by atoms with Gasteiger partial charge in [-0.1, -0.05) is 0 Å². The Morgan fingerprint density at radius 1 is 1.69 bits per heavy atom. The quantitative estimate of drug-likeness (QED) is 0.586.